The maximum absolute atomic E-state index is 13.0. The number of aldehydes is 1. The summed E-state index contributed by atoms with van der Waals surface area (Å²) in [5, 5.41) is 5.88. The topological polar surface area (TPSA) is 62.3 Å². The molecule has 0 atom stereocenters. The molecular weight excluding hydrogens is 454 g/mol. The summed E-state index contributed by atoms with van der Waals surface area (Å²) < 4.78 is 1.24. The molecule has 3 aromatic carbocycles. The summed E-state index contributed by atoms with van der Waals surface area (Å²) >= 11 is 1.78. The summed E-state index contributed by atoms with van der Waals surface area (Å²) in [6, 6.07) is 21.6. The Morgan fingerprint density at radius 3 is 2.69 bits per heavy atom. The Morgan fingerprint density at radius 1 is 1.03 bits per heavy atom. The minimum atomic E-state index is -0.182. The molecule has 1 N–H and O–H groups in total. The van der Waals surface area contributed by atoms with E-state index >= 15 is 0 Å². The number of aryl methyl sites for hydroxylation is 2. The molecule has 0 aliphatic carbocycles. The molecule has 1 amide bonds. The number of thiophene rings is 1. The third-order valence-electron chi connectivity index (χ3n) is 6.16. The van der Waals surface area contributed by atoms with E-state index in [1.54, 1.807) is 47.5 Å². The first-order chi connectivity index (χ1) is 16.9. The van der Waals surface area contributed by atoms with Gasteiger partial charge in [-0.25, -0.2) is 0 Å². The van der Waals surface area contributed by atoms with Crippen molar-refractivity contribution in [3.05, 3.63) is 100 Å². The Bertz CT molecular complexity index is 1590. The van der Waals surface area contributed by atoms with E-state index in [1.165, 1.54) is 15.0 Å². The zero-order chi connectivity index (χ0) is 24.5. The van der Waals surface area contributed by atoms with Crippen molar-refractivity contribution >= 4 is 55.9 Å². The van der Waals surface area contributed by atoms with Gasteiger partial charge in [0, 0.05) is 51.7 Å². The number of carbonyl (C=O) groups is 2. The van der Waals surface area contributed by atoms with Gasteiger partial charge in [-0.15, -0.1) is 11.3 Å². The summed E-state index contributed by atoms with van der Waals surface area (Å²) in [6.07, 6.45) is 2.55. The Hall–Kier alpha value is -4.03. The van der Waals surface area contributed by atoms with Gasteiger partial charge in [0.15, 0.2) is 6.29 Å². The first-order valence-electron chi connectivity index (χ1n) is 11.4. The number of amides is 1. The van der Waals surface area contributed by atoms with Crippen molar-refractivity contribution in [3.8, 4) is 0 Å². The number of nitrogens with one attached hydrogen (secondary N) is 1. The highest BCUT2D eigenvalue weighted by atomic mass is 32.1. The van der Waals surface area contributed by atoms with E-state index in [9.17, 15) is 9.59 Å². The molecule has 0 radical (unpaired) electrons. The number of hydrogen-bond donors (Lipinski definition) is 1. The standard InChI is InChI=1S/C29H25N3O2S/c1-18-8-9-20(16-32(3)29(34)23-7-5-4-6-21(23)17-33)13-26(18)31-25-10-11-30-27-14-22-12-19(2)35-28(22)15-24(25)27/h4-15,17H,16H2,1-3H3,(H,30,31). The molecule has 2 heterocycles. The Labute approximate surface area is 208 Å². The van der Waals surface area contributed by atoms with Gasteiger partial charge < -0.3 is 10.2 Å². The minimum Gasteiger partial charge on any atom is -0.355 e. The number of fused-ring (bicyclic) bond motifs is 2. The average molecular weight is 480 g/mol. The molecule has 0 bridgehead atoms. The molecule has 6 heteroatoms. The number of aromatic nitrogens is 1. The molecule has 35 heavy (non-hydrogen) atoms. The third kappa shape index (κ3) is 4.53. The van der Waals surface area contributed by atoms with Crippen LogP contribution >= 0.6 is 11.3 Å². The molecule has 0 spiro atoms. The second-order valence-electron chi connectivity index (χ2n) is 8.76. The molecule has 0 saturated carbocycles. The lowest BCUT2D eigenvalue weighted by Gasteiger charge is -2.20. The van der Waals surface area contributed by atoms with E-state index < -0.39 is 0 Å². The summed E-state index contributed by atoms with van der Waals surface area (Å²) in [4.78, 5) is 31.8. The van der Waals surface area contributed by atoms with E-state index in [4.69, 9.17) is 0 Å². The van der Waals surface area contributed by atoms with E-state index in [1.807, 2.05) is 18.3 Å². The zero-order valence-corrected chi connectivity index (χ0v) is 20.6. The quantitative estimate of drug-likeness (QED) is 0.269. The first kappa shape index (κ1) is 22.7. The Kier molecular flexibility index (Phi) is 6.05. The molecule has 5 aromatic rings. The maximum Gasteiger partial charge on any atom is 0.254 e. The largest absolute Gasteiger partial charge is 0.355 e. The molecule has 5 rings (SSSR count). The van der Waals surface area contributed by atoms with E-state index in [0.29, 0.717) is 17.7 Å². The molecule has 174 valence electrons. The average Bonchev–Trinajstić information content (AvgIpc) is 3.23. The van der Waals surface area contributed by atoms with Crippen LogP contribution in [0.25, 0.3) is 21.0 Å². The fraction of sp³-hybridized carbons (Fsp3) is 0.138. The number of nitrogens with zero attached hydrogens (tertiary/aromatic N) is 2. The van der Waals surface area contributed by atoms with Gasteiger partial charge in [-0.2, -0.15) is 0 Å². The van der Waals surface area contributed by atoms with Crippen molar-refractivity contribution in [2.24, 2.45) is 0 Å². The SMILES string of the molecule is Cc1cc2cc3nccc(Nc4cc(CN(C)C(=O)c5ccccc5C=O)ccc4C)c3cc2s1. The van der Waals surface area contributed by atoms with Gasteiger partial charge in [-0.1, -0.05) is 30.3 Å². The maximum atomic E-state index is 13.0. The van der Waals surface area contributed by atoms with Gasteiger partial charge in [0.25, 0.3) is 5.91 Å². The number of pyridine rings is 1. The van der Waals surface area contributed by atoms with Crippen LogP contribution in [-0.2, 0) is 6.54 Å². The predicted octanol–water partition coefficient (Wildman–Crippen LogP) is 6.89. The van der Waals surface area contributed by atoms with Crippen LogP contribution < -0.4 is 5.32 Å². The fourth-order valence-corrected chi connectivity index (χ4v) is 5.26. The molecular formula is C29H25N3O2S. The molecule has 2 aromatic heterocycles. The lowest BCUT2D eigenvalue weighted by molar-refractivity contribution is 0.0782. The van der Waals surface area contributed by atoms with Crippen molar-refractivity contribution in [2.75, 3.05) is 12.4 Å². The minimum absolute atomic E-state index is 0.182. The third-order valence-corrected chi connectivity index (χ3v) is 7.17. The van der Waals surface area contributed by atoms with Gasteiger partial charge in [-0.3, -0.25) is 14.6 Å². The van der Waals surface area contributed by atoms with Crippen LogP contribution in [-0.4, -0.2) is 29.1 Å². The summed E-state index contributed by atoms with van der Waals surface area (Å²) in [5.74, 6) is -0.182. The smallest absolute Gasteiger partial charge is 0.254 e. The molecule has 0 unspecified atom stereocenters. The lowest BCUT2D eigenvalue weighted by Crippen LogP contribution is -2.27. The van der Waals surface area contributed by atoms with E-state index in [0.717, 1.165) is 39.7 Å². The molecule has 0 fully saturated rings. The normalized spacial score (nSPS) is 11.1. The van der Waals surface area contributed by atoms with E-state index in [2.05, 4.69) is 54.5 Å². The Morgan fingerprint density at radius 2 is 1.86 bits per heavy atom. The second kappa shape index (κ2) is 9.31. The number of carbonyl (C=O) groups excluding carboxylic acids is 2. The highest BCUT2D eigenvalue weighted by Crippen LogP contribution is 2.33. The van der Waals surface area contributed by atoms with Crippen LogP contribution in [0.5, 0.6) is 0 Å². The predicted molar refractivity (Wildman–Crippen MR) is 144 cm³/mol. The van der Waals surface area contributed by atoms with Crippen molar-refractivity contribution in [3.63, 3.8) is 0 Å². The van der Waals surface area contributed by atoms with Crippen molar-refractivity contribution < 1.29 is 9.59 Å². The molecule has 0 aliphatic rings. The van der Waals surface area contributed by atoms with Gasteiger partial charge >= 0.3 is 0 Å². The summed E-state index contributed by atoms with van der Waals surface area (Å²) in [5.41, 5.74) is 5.83. The highest BCUT2D eigenvalue weighted by molar-refractivity contribution is 7.19. The lowest BCUT2D eigenvalue weighted by atomic mass is 10.1. The van der Waals surface area contributed by atoms with E-state index in [-0.39, 0.29) is 5.91 Å². The number of benzene rings is 3. The monoisotopic (exact) mass is 479 g/mol. The number of hydrogen-bond acceptors (Lipinski definition) is 5. The van der Waals surface area contributed by atoms with Crippen molar-refractivity contribution in [1.82, 2.24) is 9.88 Å². The van der Waals surface area contributed by atoms with Gasteiger partial charge in [0.1, 0.15) is 0 Å². The second-order valence-corrected chi connectivity index (χ2v) is 10.1. The number of rotatable bonds is 6. The highest BCUT2D eigenvalue weighted by Gasteiger charge is 2.16. The van der Waals surface area contributed by atoms with Crippen LogP contribution in [0, 0.1) is 13.8 Å². The van der Waals surface area contributed by atoms with Gasteiger partial charge in [-0.05, 0) is 66.8 Å². The van der Waals surface area contributed by atoms with Crippen LogP contribution in [0.3, 0.4) is 0 Å². The zero-order valence-electron chi connectivity index (χ0n) is 19.8. The van der Waals surface area contributed by atoms with Crippen LogP contribution in [0.2, 0.25) is 0 Å². The van der Waals surface area contributed by atoms with Crippen molar-refractivity contribution in [1.29, 1.82) is 0 Å². The summed E-state index contributed by atoms with van der Waals surface area (Å²) in [7, 11) is 1.75. The van der Waals surface area contributed by atoms with Crippen molar-refractivity contribution in [2.45, 2.75) is 20.4 Å². The van der Waals surface area contributed by atoms with Crippen LogP contribution in [0.15, 0.2) is 72.9 Å². The summed E-state index contributed by atoms with van der Waals surface area (Å²) in [6.45, 7) is 4.61. The van der Waals surface area contributed by atoms with Crippen LogP contribution in [0.1, 0.15) is 36.7 Å². The first-order valence-corrected chi connectivity index (χ1v) is 12.2. The van der Waals surface area contributed by atoms with Gasteiger partial charge in [0.05, 0.1) is 11.1 Å². The Balaban J connectivity index is 1.43. The number of anilines is 2. The molecule has 0 aliphatic heterocycles. The van der Waals surface area contributed by atoms with Gasteiger partial charge in [0.2, 0.25) is 0 Å². The fourth-order valence-electron chi connectivity index (χ4n) is 4.31. The van der Waals surface area contributed by atoms with Crippen LogP contribution in [0.4, 0.5) is 11.4 Å². The molecule has 5 nitrogen and oxygen atoms in total. The molecule has 0 saturated heterocycles.